The van der Waals surface area contributed by atoms with Crippen LogP contribution in [0.5, 0.6) is 0 Å². The van der Waals surface area contributed by atoms with Gasteiger partial charge in [0.15, 0.2) is 0 Å². The molecular weight excluding hydrogens is 685 g/mol. The van der Waals surface area contributed by atoms with E-state index in [1.54, 1.807) is 11.8 Å². The van der Waals surface area contributed by atoms with E-state index in [0.29, 0.717) is 11.5 Å². The van der Waals surface area contributed by atoms with Gasteiger partial charge in [0.1, 0.15) is 5.76 Å². The molecule has 3 heterocycles. The van der Waals surface area contributed by atoms with E-state index in [2.05, 4.69) is 45.5 Å². The molecule has 2 aromatic heterocycles. The predicted molar refractivity (Wildman–Crippen MR) is 151 cm³/mol. The Balaban J connectivity index is 0.000000325. The Hall–Kier alpha value is -4.65. The number of alkyl halides is 9. The molecule has 49 heavy (non-hydrogen) atoms. The highest BCUT2D eigenvalue weighted by Crippen LogP contribution is 2.50. The summed E-state index contributed by atoms with van der Waals surface area (Å²) >= 11 is 0. The van der Waals surface area contributed by atoms with E-state index in [4.69, 9.17) is 34.1 Å². The number of pyridine rings is 1. The van der Waals surface area contributed by atoms with Crippen LogP contribution in [-0.4, -0.2) is 74.7 Å². The number of fused-ring (bicyclic) bond motifs is 2. The number of likely N-dealkylation sites (tertiary alicyclic amines) is 1. The first-order valence-electron chi connectivity index (χ1n) is 14.0. The maximum absolute atomic E-state index is 10.6. The molecule has 10 nitrogen and oxygen atoms in total. The van der Waals surface area contributed by atoms with Crippen LogP contribution in [0.4, 0.5) is 39.5 Å². The number of nitrogens with zero attached hydrogens (tertiary/aromatic N) is 2. The van der Waals surface area contributed by atoms with Gasteiger partial charge in [0, 0.05) is 25.0 Å². The number of aromatic nitrogens is 1. The SMILES string of the molecule is O=C(O)C(F)(F)F.O=C(O)C(F)(F)F.O=C(O)C(F)(F)F.c1cncc(CN2CCC3(CC2)CC(NCc2ccco2)c2ccccc23)c1. The molecule has 3 aromatic rings. The summed E-state index contributed by atoms with van der Waals surface area (Å²) in [6.07, 6.45) is -6.02. The average molecular weight is 716 g/mol. The highest BCUT2D eigenvalue weighted by molar-refractivity contribution is 5.73. The quantitative estimate of drug-likeness (QED) is 0.220. The summed E-state index contributed by atoms with van der Waals surface area (Å²) in [7, 11) is 0. The molecule has 1 unspecified atom stereocenters. The number of rotatable bonds is 5. The predicted octanol–water partition coefficient (Wildman–Crippen LogP) is 6.34. The lowest BCUT2D eigenvalue weighted by Gasteiger charge is -2.40. The van der Waals surface area contributed by atoms with Gasteiger partial charge in [-0.3, -0.25) is 9.88 Å². The Labute approximate surface area is 272 Å². The third-order valence-corrected chi connectivity index (χ3v) is 7.27. The summed E-state index contributed by atoms with van der Waals surface area (Å²) in [5, 5.41) is 25.1. The van der Waals surface area contributed by atoms with E-state index < -0.39 is 36.4 Å². The number of hydrogen-bond acceptors (Lipinski definition) is 7. The second kappa shape index (κ2) is 17.1. The van der Waals surface area contributed by atoms with Crippen molar-refractivity contribution >= 4 is 17.9 Å². The van der Waals surface area contributed by atoms with Crippen LogP contribution in [0.15, 0.2) is 71.6 Å². The summed E-state index contributed by atoms with van der Waals surface area (Å²) < 4.78 is 101. The first-order chi connectivity index (χ1) is 22.7. The molecule has 5 rings (SSSR count). The zero-order valence-electron chi connectivity index (χ0n) is 25.1. The van der Waals surface area contributed by atoms with Crippen LogP contribution in [-0.2, 0) is 32.9 Å². The van der Waals surface area contributed by atoms with Crippen LogP contribution in [0.25, 0.3) is 0 Å². The zero-order valence-corrected chi connectivity index (χ0v) is 25.1. The molecular formula is C30H30F9N3O7. The number of furan rings is 1. The third kappa shape index (κ3) is 13.1. The Morgan fingerprint density at radius 3 is 1.80 bits per heavy atom. The molecule has 2 aliphatic rings. The van der Waals surface area contributed by atoms with E-state index in [-0.39, 0.29) is 0 Å². The first kappa shape index (κ1) is 40.5. The van der Waals surface area contributed by atoms with Crippen LogP contribution in [0.2, 0.25) is 0 Å². The third-order valence-electron chi connectivity index (χ3n) is 7.27. The summed E-state index contributed by atoms with van der Waals surface area (Å²) in [4.78, 5) is 33.5. The molecule has 1 saturated heterocycles. The molecule has 1 aliphatic heterocycles. The highest BCUT2D eigenvalue weighted by Gasteiger charge is 2.45. The molecule has 0 amide bonds. The van der Waals surface area contributed by atoms with Crippen molar-refractivity contribution in [3.05, 3.63) is 89.6 Å². The van der Waals surface area contributed by atoms with Gasteiger partial charge in [-0.1, -0.05) is 30.3 Å². The van der Waals surface area contributed by atoms with Crippen molar-refractivity contribution in [2.75, 3.05) is 13.1 Å². The van der Waals surface area contributed by atoms with Gasteiger partial charge in [-0.05, 0) is 72.7 Å². The molecule has 270 valence electrons. The number of halogens is 9. The Morgan fingerprint density at radius 1 is 0.816 bits per heavy atom. The Morgan fingerprint density at radius 2 is 1.35 bits per heavy atom. The number of carboxylic acid groups (broad SMARTS) is 3. The fourth-order valence-corrected chi connectivity index (χ4v) is 5.08. The van der Waals surface area contributed by atoms with Gasteiger partial charge >= 0.3 is 36.4 Å². The highest BCUT2D eigenvalue weighted by atomic mass is 19.4. The minimum Gasteiger partial charge on any atom is -0.475 e. The lowest BCUT2D eigenvalue weighted by atomic mass is 9.73. The van der Waals surface area contributed by atoms with Crippen molar-refractivity contribution in [1.29, 1.82) is 0 Å². The van der Waals surface area contributed by atoms with Crippen molar-refractivity contribution in [3.63, 3.8) is 0 Å². The topological polar surface area (TPSA) is 153 Å². The molecule has 1 atom stereocenters. The fraction of sp³-hybridized carbons (Fsp3) is 0.400. The standard InChI is InChI=1S/C24H27N3O.3C2HF3O2/c1-2-8-22-21(7-1)23(26-17-20-6-4-14-28-20)15-24(22)9-12-27(13-10-24)18-19-5-3-11-25-16-19;3*3-2(4,5)1(6)7/h1-8,11,14,16,23,26H,9-10,12-13,15,17-18H2;3*(H,6,7). The summed E-state index contributed by atoms with van der Waals surface area (Å²) in [5.41, 5.74) is 4.66. The second-order valence-electron chi connectivity index (χ2n) is 10.6. The van der Waals surface area contributed by atoms with Crippen molar-refractivity contribution in [2.45, 2.75) is 62.3 Å². The van der Waals surface area contributed by atoms with Crippen LogP contribution < -0.4 is 5.32 Å². The number of carbonyl (C=O) groups is 3. The van der Waals surface area contributed by atoms with Gasteiger partial charge in [0.2, 0.25) is 0 Å². The van der Waals surface area contributed by atoms with E-state index in [1.165, 1.54) is 30.4 Å². The van der Waals surface area contributed by atoms with E-state index in [0.717, 1.165) is 31.9 Å². The molecule has 1 aliphatic carbocycles. The number of aliphatic carboxylic acids is 3. The van der Waals surface area contributed by atoms with Crippen molar-refractivity contribution < 1.29 is 73.6 Å². The largest absolute Gasteiger partial charge is 0.490 e. The number of nitrogens with one attached hydrogen (secondary N) is 1. The molecule has 0 radical (unpaired) electrons. The number of benzene rings is 1. The molecule has 1 aromatic carbocycles. The molecule has 1 spiro atoms. The van der Waals surface area contributed by atoms with Gasteiger partial charge < -0.3 is 25.1 Å². The number of piperidine rings is 1. The smallest absolute Gasteiger partial charge is 0.475 e. The van der Waals surface area contributed by atoms with Gasteiger partial charge in [-0.25, -0.2) is 14.4 Å². The normalized spacial score (nSPS) is 16.9. The summed E-state index contributed by atoms with van der Waals surface area (Å²) in [5.74, 6) is -7.27. The monoisotopic (exact) mass is 715 g/mol. The maximum Gasteiger partial charge on any atom is 0.490 e. The van der Waals surface area contributed by atoms with Crippen LogP contribution in [0.3, 0.4) is 0 Å². The van der Waals surface area contributed by atoms with Crippen LogP contribution >= 0.6 is 0 Å². The first-order valence-corrected chi connectivity index (χ1v) is 14.0. The Kier molecular flexibility index (Phi) is 14.2. The summed E-state index contributed by atoms with van der Waals surface area (Å²) in [6.45, 7) is 4.09. The Bertz CT molecular complexity index is 1430. The van der Waals surface area contributed by atoms with Crippen LogP contribution in [0.1, 0.15) is 47.8 Å². The van der Waals surface area contributed by atoms with Gasteiger partial charge in [-0.2, -0.15) is 39.5 Å². The minimum atomic E-state index is -5.08. The molecule has 0 saturated carbocycles. The summed E-state index contributed by atoms with van der Waals surface area (Å²) in [6, 6.07) is 17.7. The fourth-order valence-electron chi connectivity index (χ4n) is 5.08. The lowest BCUT2D eigenvalue weighted by molar-refractivity contribution is -0.193. The number of carboxylic acids is 3. The van der Waals surface area contributed by atoms with Crippen molar-refractivity contribution in [3.8, 4) is 0 Å². The number of hydrogen-bond donors (Lipinski definition) is 4. The molecule has 4 N–H and O–H groups in total. The average Bonchev–Trinajstić information content (AvgIpc) is 3.64. The molecule has 1 fully saturated rings. The second-order valence-corrected chi connectivity index (χ2v) is 10.6. The van der Waals surface area contributed by atoms with Crippen molar-refractivity contribution in [2.24, 2.45) is 0 Å². The molecule has 19 heteroatoms. The minimum absolute atomic E-state index is 0.308. The lowest BCUT2D eigenvalue weighted by Crippen LogP contribution is -2.41. The van der Waals surface area contributed by atoms with Crippen molar-refractivity contribution in [1.82, 2.24) is 15.2 Å². The van der Waals surface area contributed by atoms with Crippen LogP contribution in [0, 0.1) is 0 Å². The zero-order chi connectivity index (χ0) is 37.0. The van der Waals surface area contributed by atoms with E-state index in [9.17, 15) is 39.5 Å². The maximum atomic E-state index is 10.6. The van der Waals surface area contributed by atoms with E-state index in [1.807, 2.05) is 30.6 Å². The van der Waals surface area contributed by atoms with E-state index >= 15 is 0 Å². The van der Waals surface area contributed by atoms with Gasteiger partial charge in [0.25, 0.3) is 0 Å². The molecule has 0 bridgehead atoms. The van der Waals surface area contributed by atoms with Gasteiger partial charge in [-0.15, -0.1) is 0 Å². The van der Waals surface area contributed by atoms with Gasteiger partial charge in [0.05, 0.1) is 12.8 Å².